The molecule has 1 aromatic heterocycles. The second-order valence-corrected chi connectivity index (χ2v) is 7.49. The molecular weight excluding hydrogens is 330 g/mol. The fraction of sp³-hybridized carbons (Fsp3) is 0.688. The first-order valence-electron chi connectivity index (χ1n) is 8.12. The van der Waals surface area contributed by atoms with Gasteiger partial charge in [0, 0.05) is 12.6 Å². The van der Waals surface area contributed by atoms with E-state index in [1.54, 1.807) is 15.3 Å². The fourth-order valence-electron chi connectivity index (χ4n) is 3.17. The van der Waals surface area contributed by atoms with E-state index in [0.717, 1.165) is 5.69 Å². The van der Waals surface area contributed by atoms with Crippen LogP contribution in [0.3, 0.4) is 0 Å². The van der Waals surface area contributed by atoms with Gasteiger partial charge in [-0.2, -0.15) is 0 Å². The lowest BCUT2D eigenvalue weighted by atomic mass is 10.0. The molecule has 2 aliphatic heterocycles. The number of carbonyl (C=O) groups is 2. The van der Waals surface area contributed by atoms with Crippen molar-refractivity contribution in [3.63, 3.8) is 0 Å². The molecule has 7 nitrogen and oxygen atoms in total. The monoisotopic (exact) mass is 353 g/mol. The Morgan fingerprint density at radius 3 is 2.88 bits per heavy atom. The highest BCUT2D eigenvalue weighted by atomic mass is 32.1. The van der Waals surface area contributed by atoms with Crippen LogP contribution in [0, 0.1) is 6.92 Å². The van der Waals surface area contributed by atoms with Crippen LogP contribution in [0.4, 0.5) is 0 Å². The van der Waals surface area contributed by atoms with Crippen LogP contribution >= 0.6 is 11.3 Å². The quantitative estimate of drug-likeness (QED) is 0.791. The third-order valence-electron chi connectivity index (χ3n) is 4.47. The predicted molar refractivity (Wildman–Crippen MR) is 89.1 cm³/mol. The minimum atomic E-state index is -0.664. The highest BCUT2D eigenvalue weighted by molar-refractivity contribution is 7.11. The Balaban J connectivity index is 1.80. The van der Waals surface area contributed by atoms with Gasteiger partial charge in [0.15, 0.2) is 0 Å². The topological polar surface area (TPSA) is 72.0 Å². The Bertz CT molecular complexity index is 633. The second-order valence-electron chi connectivity index (χ2n) is 6.63. The molecule has 8 heteroatoms. The number of rotatable bonds is 2. The summed E-state index contributed by atoms with van der Waals surface area (Å²) < 4.78 is 11.6. The summed E-state index contributed by atoms with van der Waals surface area (Å²) in [4.78, 5) is 33.4. The van der Waals surface area contributed by atoms with Crippen molar-refractivity contribution in [3.8, 4) is 0 Å². The number of ether oxygens (including phenoxy) is 2. The number of hydrogen-bond acceptors (Lipinski definition) is 6. The molecule has 1 atom stereocenters. The van der Waals surface area contributed by atoms with E-state index in [0.29, 0.717) is 37.7 Å². The van der Waals surface area contributed by atoms with Crippen molar-refractivity contribution in [1.82, 2.24) is 14.8 Å². The molecule has 0 N–H and O–H groups in total. The lowest BCUT2D eigenvalue weighted by Gasteiger charge is -2.43. The molecule has 0 aromatic carbocycles. The summed E-state index contributed by atoms with van der Waals surface area (Å²) >= 11 is 1.36. The fourth-order valence-corrected chi connectivity index (χ4v) is 3.94. The van der Waals surface area contributed by atoms with Crippen LogP contribution in [-0.2, 0) is 14.3 Å². The normalized spacial score (nSPS) is 25.4. The zero-order valence-corrected chi connectivity index (χ0v) is 15.1. The Kier molecular flexibility index (Phi) is 4.89. The van der Waals surface area contributed by atoms with Crippen molar-refractivity contribution in [2.75, 3.05) is 39.5 Å². The van der Waals surface area contributed by atoms with Crippen LogP contribution < -0.4 is 0 Å². The smallest absolute Gasteiger partial charge is 0.266 e. The number of aromatic nitrogens is 1. The minimum absolute atomic E-state index is 0.0238. The standard InChI is InChI=1S/C16H23N3O4S/c1-11(2)19-8-16(9-22-6-13(19)20)7-18(4-5-23-16)15(21)14-12(3)17-10-24-14/h10-11H,4-9H2,1-3H3. The summed E-state index contributed by atoms with van der Waals surface area (Å²) in [6.45, 7) is 7.99. The number of carbonyl (C=O) groups excluding carboxylic acids is 2. The molecule has 0 aliphatic carbocycles. The maximum absolute atomic E-state index is 12.8. The Morgan fingerprint density at radius 2 is 2.21 bits per heavy atom. The van der Waals surface area contributed by atoms with Crippen molar-refractivity contribution < 1.29 is 19.1 Å². The maximum atomic E-state index is 12.8. The van der Waals surface area contributed by atoms with E-state index in [4.69, 9.17) is 9.47 Å². The number of hydrogen-bond donors (Lipinski definition) is 0. The molecule has 1 aromatic rings. The largest absolute Gasteiger partial charge is 0.368 e. The zero-order valence-electron chi connectivity index (χ0n) is 14.3. The van der Waals surface area contributed by atoms with Crippen molar-refractivity contribution >= 4 is 23.2 Å². The number of aryl methyl sites for hydroxylation is 1. The minimum Gasteiger partial charge on any atom is -0.368 e. The van der Waals surface area contributed by atoms with Gasteiger partial charge in [0.2, 0.25) is 5.91 Å². The summed E-state index contributed by atoms with van der Waals surface area (Å²) in [5, 5.41) is 0. The third-order valence-corrected chi connectivity index (χ3v) is 5.38. The lowest BCUT2D eigenvalue weighted by Crippen LogP contribution is -2.60. The average Bonchev–Trinajstić information content (AvgIpc) is 2.91. The Labute approximate surface area is 145 Å². The molecule has 2 amide bonds. The van der Waals surface area contributed by atoms with Crippen molar-refractivity contribution in [3.05, 3.63) is 16.1 Å². The Morgan fingerprint density at radius 1 is 1.42 bits per heavy atom. The predicted octanol–water partition coefficient (Wildman–Crippen LogP) is 0.930. The van der Waals surface area contributed by atoms with Crippen LogP contribution in [-0.4, -0.2) is 77.7 Å². The number of nitrogens with zero attached hydrogens (tertiary/aromatic N) is 3. The maximum Gasteiger partial charge on any atom is 0.266 e. The van der Waals surface area contributed by atoms with E-state index in [-0.39, 0.29) is 24.5 Å². The van der Waals surface area contributed by atoms with E-state index in [9.17, 15) is 9.59 Å². The van der Waals surface area contributed by atoms with Crippen LogP contribution in [0.25, 0.3) is 0 Å². The van der Waals surface area contributed by atoms with Crippen molar-refractivity contribution in [1.29, 1.82) is 0 Å². The van der Waals surface area contributed by atoms with E-state index in [1.165, 1.54) is 11.3 Å². The van der Waals surface area contributed by atoms with Gasteiger partial charge in [0.1, 0.15) is 17.1 Å². The van der Waals surface area contributed by atoms with E-state index in [1.807, 2.05) is 20.8 Å². The summed E-state index contributed by atoms with van der Waals surface area (Å²) in [5.41, 5.74) is 1.77. The summed E-state index contributed by atoms with van der Waals surface area (Å²) in [6.07, 6.45) is 0. The van der Waals surface area contributed by atoms with Gasteiger partial charge in [-0.25, -0.2) is 4.98 Å². The highest BCUT2D eigenvalue weighted by Gasteiger charge is 2.44. The van der Waals surface area contributed by atoms with Gasteiger partial charge in [-0.05, 0) is 20.8 Å². The van der Waals surface area contributed by atoms with Crippen LogP contribution in [0.15, 0.2) is 5.51 Å². The molecule has 0 bridgehead atoms. The second kappa shape index (κ2) is 6.78. The van der Waals surface area contributed by atoms with Gasteiger partial charge < -0.3 is 19.3 Å². The van der Waals surface area contributed by atoms with Crippen molar-refractivity contribution in [2.24, 2.45) is 0 Å². The average molecular weight is 353 g/mol. The first kappa shape index (κ1) is 17.3. The first-order valence-corrected chi connectivity index (χ1v) is 9.00. The third kappa shape index (κ3) is 3.31. The number of amides is 2. The summed E-state index contributed by atoms with van der Waals surface area (Å²) in [5.74, 6) is -0.0587. The molecule has 2 fully saturated rings. The van der Waals surface area contributed by atoms with Gasteiger partial charge in [-0.15, -0.1) is 11.3 Å². The molecular formula is C16H23N3O4S. The molecule has 2 saturated heterocycles. The van der Waals surface area contributed by atoms with E-state index in [2.05, 4.69) is 4.98 Å². The number of morpholine rings is 1. The molecule has 3 heterocycles. The van der Waals surface area contributed by atoms with Gasteiger partial charge >= 0.3 is 0 Å². The number of thiazole rings is 1. The van der Waals surface area contributed by atoms with E-state index >= 15 is 0 Å². The van der Waals surface area contributed by atoms with Gasteiger partial charge in [0.05, 0.1) is 37.5 Å². The summed E-state index contributed by atoms with van der Waals surface area (Å²) in [7, 11) is 0. The molecule has 2 aliphatic rings. The molecule has 0 radical (unpaired) electrons. The zero-order chi connectivity index (χ0) is 17.3. The van der Waals surface area contributed by atoms with Gasteiger partial charge in [-0.1, -0.05) is 0 Å². The van der Waals surface area contributed by atoms with Crippen LogP contribution in [0.1, 0.15) is 29.2 Å². The molecule has 132 valence electrons. The summed E-state index contributed by atoms with van der Waals surface area (Å²) in [6, 6.07) is 0.0643. The molecule has 1 unspecified atom stereocenters. The van der Waals surface area contributed by atoms with E-state index < -0.39 is 5.60 Å². The molecule has 24 heavy (non-hydrogen) atoms. The van der Waals surface area contributed by atoms with Gasteiger partial charge in [0.25, 0.3) is 5.91 Å². The van der Waals surface area contributed by atoms with Gasteiger partial charge in [-0.3, -0.25) is 9.59 Å². The van der Waals surface area contributed by atoms with Crippen LogP contribution in [0.2, 0.25) is 0 Å². The Hall–Kier alpha value is -1.51. The van der Waals surface area contributed by atoms with Crippen molar-refractivity contribution in [2.45, 2.75) is 32.4 Å². The highest BCUT2D eigenvalue weighted by Crippen LogP contribution is 2.26. The van der Waals surface area contributed by atoms with Crippen LogP contribution in [0.5, 0.6) is 0 Å². The molecule has 3 rings (SSSR count). The molecule has 0 saturated carbocycles. The molecule has 1 spiro atoms. The first-order chi connectivity index (χ1) is 11.4. The lowest BCUT2D eigenvalue weighted by molar-refractivity contribution is -0.140. The SMILES string of the molecule is Cc1ncsc1C(=O)N1CCOC2(COCC(=O)N(C(C)C)C2)C1.